The summed E-state index contributed by atoms with van der Waals surface area (Å²) in [4.78, 5) is 39.2. The van der Waals surface area contributed by atoms with Crippen LogP contribution in [0, 0.1) is 6.92 Å². The van der Waals surface area contributed by atoms with Crippen LogP contribution < -0.4 is 19.8 Å². The molecule has 0 bridgehead atoms. The van der Waals surface area contributed by atoms with Crippen LogP contribution in [0.5, 0.6) is 0 Å². The first-order valence-electron chi connectivity index (χ1n) is 11.5. The largest absolute Gasteiger partial charge is 0.463 e. The van der Waals surface area contributed by atoms with Gasteiger partial charge >= 0.3 is 5.97 Å². The third-order valence-electron chi connectivity index (χ3n) is 6.12. The number of anilines is 1. The number of hydrogen-bond donors (Lipinski definition) is 0. The number of nitrogens with zero attached hydrogens (tertiary/aromatic N) is 4. The van der Waals surface area contributed by atoms with E-state index in [0.29, 0.717) is 20.6 Å². The molecule has 0 saturated carbocycles. The Hall–Kier alpha value is -3.08. The molecule has 3 aromatic rings. The topological polar surface area (TPSA) is 86.0 Å². The molecule has 2 aliphatic heterocycles. The highest BCUT2D eigenvalue weighted by atomic mass is 32.1. The van der Waals surface area contributed by atoms with Crippen molar-refractivity contribution in [2.75, 3.05) is 37.8 Å². The number of rotatable bonds is 5. The van der Waals surface area contributed by atoms with Crippen LogP contribution in [0.25, 0.3) is 6.08 Å². The monoisotopic (exact) mass is 510 g/mol. The van der Waals surface area contributed by atoms with E-state index in [2.05, 4.69) is 27.0 Å². The Morgan fingerprint density at radius 2 is 1.97 bits per heavy atom. The number of fused-ring (bicyclic) bond motifs is 1. The highest BCUT2D eigenvalue weighted by Crippen LogP contribution is 2.34. The normalized spacial score (nSPS) is 18.4. The molecule has 0 spiro atoms. The summed E-state index contributed by atoms with van der Waals surface area (Å²) >= 11 is 2.75. The minimum atomic E-state index is -0.608. The highest BCUT2D eigenvalue weighted by Gasteiger charge is 2.35. The second-order valence-corrected chi connectivity index (χ2v) is 10.2. The van der Waals surface area contributed by atoms with Crippen molar-refractivity contribution in [3.8, 4) is 0 Å². The van der Waals surface area contributed by atoms with Gasteiger partial charge in [-0.05, 0) is 44.5 Å². The van der Waals surface area contributed by atoms with E-state index in [1.807, 2.05) is 25.1 Å². The number of thiazole rings is 2. The van der Waals surface area contributed by atoms with Crippen molar-refractivity contribution in [2.45, 2.75) is 26.8 Å². The fraction of sp³-hybridized carbons (Fsp3) is 0.360. The maximum Gasteiger partial charge on any atom is 0.338 e. The number of allylic oxidation sites excluding steroid dienone is 1. The van der Waals surface area contributed by atoms with E-state index in [4.69, 9.17) is 9.47 Å². The molecule has 1 unspecified atom stereocenters. The van der Waals surface area contributed by atoms with Crippen LogP contribution in [-0.2, 0) is 14.3 Å². The molecule has 0 N–H and O–H groups in total. The van der Waals surface area contributed by atoms with E-state index in [0.717, 1.165) is 48.1 Å². The molecule has 5 rings (SSSR count). The summed E-state index contributed by atoms with van der Waals surface area (Å²) in [6.45, 7) is 8.89. The number of aryl methyl sites for hydroxylation is 1. The fourth-order valence-corrected chi connectivity index (χ4v) is 6.31. The number of morpholine rings is 1. The lowest BCUT2D eigenvalue weighted by Gasteiger charge is -2.28. The van der Waals surface area contributed by atoms with Crippen LogP contribution in [0.1, 0.15) is 36.0 Å². The minimum Gasteiger partial charge on any atom is -0.463 e. The predicted molar refractivity (Wildman–Crippen MR) is 137 cm³/mol. The van der Waals surface area contributed by atoms with Gasteiger partial charge in [-0.15, -0.1) is 11.3 Å². The van der Waals surface area contributed by atoms with Gasteiger partial charge in [-0.3, -0.25) is 9.36 Å². The summed E-state index contributed by atoms with van der Waals surface area (Å²) in [5.41, 5.74) is 5.34. The summed E-state index contributed by atoms with van der Waals surface area (Å²) in [7, 11) is 0. The van der Waals surface area contributed by atoms with Gasteiger partial charge in [0.1, 0.15) is 6.04 Å². The summed E-state index contributed by atoms with van der Waals surface area (Å²) in [6.07, 6.45) is 1.88. The van der Waals surface area contributed by atoms with Gasteiger partial charge in [0, 0.05) is 18.8 Å². The molecule has 182 valence electrons. The number of carbonyl (C=O) groups excluding carboxylic acids is 1. The molecule has 1 aromatic carbocycles. The molecule has 35 heavy (non-hydrogen) atoms. The van der Waals surface area contributed by atoms with Gasteiger partial charge in [0.05, 0.1) is 51.7 Å². The van der Waals surface area contributed by atoms with Crippen molar-refractivity contribution in [1.82, 2.24) is 9.55 Å². The lowest BCUT2D eigenvalue weighted by Crippen LogP contribution is -2.39. The SMILES string of the molecule is CCOC(=O)C1=C(C)N=c2s/c(=C\c3ccc(N4CCOCC4)cc3)c(=O)n2C1c1scnc1C. The lowest BCUT2D eigenvalue weighted by molar-refractivity contribution is -0.139. The van der Waals surface area contributed by atoms with Crippen LogP contribution >= 0.6 is 22.7 Å². The Kier molecular flexibility index (Phi) is 6.68. The third-order valence-corrected chi connectivity index (χ3v) is 8.08. The van der Waals surface area contributed by atoms with Crippen molar-refractivity contribution in [3.63, 3.8) is 0 Å². The lowest BCUT2D eigenvalue weighted by atomic mass is 10.0. The molecule has 10 heteroatoms. The third kappa shape index (κ3) is 4.49. The molecule has 0 aliphatic carbocycles. The zero-order chi connectivity index (χ0) is 24.5. The Bertz CT molecular complexity index is 1460. The molecule has 4 heterocycles. The van der Waals surface area contributed by atoms with Gasteiger partial charge in [0.2, 0.25) is 0 Å². The number of hydrogen-bond acceptors (Lipinski definition) is 9. The van der Waals surface area contributed by atoms with Crippen molar-refractivity contribution in [3.05, 3.63) is 76.9 Å². The first kappa shape index (κ1) is 23.7. The summed E-state index contributed by atoms with van der Waals surface area (Å²) in [6, 6.07) is 7.57. The van der Waals surface area contributed by atoms with E-state index in [1.165, 1.54) is 22.7 Å². The van der Waals surface area contributed by atoms with Gasteiger partial charge in [0.15, 0.2) is 4.80 Å². The predicted octanol–water partition coefficient (Wildman–Crippen LogP) is 2.40. The van der Waals surface area contributed by atoms with Gasteiger partial charge in [-0.25, -0.2) is 14.8 Å². The molecule has 1 saturated heterocycles. The van der Waals surface area contributed by atoms with Crippen molar-refractivity contribution >= 4 is 40.4 Å². The Balaban J connectivity index is 1.58. The standard InChI is InChI=1S/C25H26N4O4S2/c1-4-33-24(31)20-15(2)27-25-29(21(20)22-16(3)26-14-34-22)23(30)19(35-25)13-17-5-7-18(8-6-17)28-9-11-32-12-10-28/h5-8,13-14,21H,4,9-12H2,1-3H3/b19-13-. The number of esters is 1. The number of carbonyl (C=O) groups is 1. The van der Waals surface area contributed by atoms with Crippen molar-refractivity contribution in [1.29, 1.82) is 0 Å². The van der Waals surface area contributed by atoms with Crippen LogP contribution in [0.3, 0.4) is 0 Å². The Morgan fingerprint density at radius 1 is 1.23 bits per heavy atom. The summed E-state index contributed by atoms with van der Waals surface area (Å²) in [5, 5.41) is 0. The second kappa shape index (κ2) is 9.88. The van der Waals surface area contributed by atoms with Gasteiger partial charge < -0.3 is 14.4 Å². The van der Waals surface area contributed by atoms with Crippen LogP contribution in [0.4, 0.5) is 5.69 Å². The van der Waals surface area contributed by atoms with Crippen LogP contribution in [-0.4, -0.2) is 48.4 Å². The number of ether oxygens (including phenoxy) is 2. The molecule has 1 atom stereocenters. The quantitative estimate of drug-likeness (QED) is 0.490. The van der Waals surface area contributed by atoms with Gasteiger partial charge in [0.25, 0.3) is 5.56 Å². The molecular weight excluding hydrogens is 484 g/mol. The van der Waals surface area contributed by atoms with Gasteiger partial charge in [-0.1, -0.05) is 23.5 Å². The molecule has 1 fully saturated rings. The van der Waals surface area contributed by atoms with Gasteiger partial charge in [-0.2, -0.15) is 0 Å². The Morgan fingerprint density at radius 3 is 2.63 bits per heavy atom. The average Bonchev–Trinajstić information content (AvgIpc) is 3.42. The van der Waals surface area contributed by atoms with E-state index >= 15 is 0 Å². The maximum atomic E-state index is 13.7. The van der Waals surface area contributed by atoms with Crippen molar-refractivity contribution in [2.24, 2.45) is 4.99 Å². The van der Waals surface area contributed by atoms with Crippen molar-refractivity contribution < 1.29 is 14.3 Å². The number of benzene rings is 1. The highest BCUT2D eigenvalue weighted by molar-refractivity contribution is 7.10. The summed E-state index contributed by atoms with van der Waals surface area (Å²) < 4.78 is 12.9. The molecule has 0 radical (unpaired) electrons. The zero-order valence-corrected chi connectivity index (χ0v) is 21.4. The molecule has 2 aromatic heterocycles. The van der Waals surface area contributed by atoms with E-state index in [-0.39, 0.29) is 12.2 Å². The fourth-order valence-electron chi connectivity index (χ4n) is 4.37. The first-order valence-corrected chi connectivity index (χ1v) is 13.2. The molecule has 0 amide bonds. The smallest absolute Gasteiger partial charge is 0.338 e. The van der Waals surface area contributed by atoms with Crippen LogP contribution in [0.15, 0.2) is 50.8 Å². The molecule has 8 nitrogen and oxygen atoms in total. The maximum absolute atomic E-state index is 13.7. The molecular formula is C25H26N4O4S2. The minimum absolute atomic E-state index is 0.182. The van der Waals surface area contributed by atoms with E-state index in [1.54, 1.807) is 23.9 Å². The average molecular weight is 511 g/mol. The molecule has 2 aliphatic rings. The summed E-state index contributed by atoms with van der Waals surface area (Å²) in [5.74, 6) is -0.459. The van der Waals surface area contributed by atoms with E-state index < -0.39 is 12.0 Å². The first-order chi connectivity index (χ1) is 17.0. The van der Waals surface area contributed by atoms with E-state index in [9.17, 15) is 9.59 Å². The number of aromatic nitrogens is 2. The van der Waals surface area contributed by atoms with Crippen LogP contribution in [0.2, 0.25) is 0 Å². The second-order valence-electron chi connectivity index (χ2n) is 8.30. The zero-order valence-electron chi connectivity index (χ0n) is 19.8. The Labute approximate surface area is 210 Å².